The molecule has 1 aromatic heterocycles. The van der Waals surface area contributed by atoms with E-state index in [-0.39, 0.29) is 11.7 Å². The average Bonchev–Trinajstić information content (AvgIpc) is 2.98. The summed E-state index contributed by atoms with van der Waals surface area (Å²) >= 11 is 3.36. The fraction of sp³-hybridized carbons (Fsp3) is 0. The predicted molar refractivity (Wildman–Crippen MR) is 84.0 cm³/mol. The molecule has 2 aromatic carbocycles. The Morgan fingerprint density at radius 3 is 2.62 bits per heavy atom. The third-order valence-electron chi connectivity index (χ3n) is 2.89. The van der Waals surface area contributed by atoms with Gasteiger partial charge < -0.3 is 9.84 Å². The van der Waals surface area contributed by atoms with E-state index in [4.69, 9.17) is 4.52 Å². The average molecular weight is 343 g/mol. The van der Waals surface area contributed by atoms with Crippen molar-refractivity contribution >= 4 is 27.5 Å². The van der Waals surface area contributed by atoms with Crippen molar-refractivity contribution in [3.8, 4) is 11.3 Å². The first kappa shape index (κ1) is 13.6. The second kappa shape index (κ2) is 5.93. The first-order chi connectivity index (χ1) is 10.2. The van der Waals surface area contributed by atoms with Crippen LogP contribution >= 0.6 is 15.9 Å². The van der Waals surface area contributed by atoms with Crippen LogP contribution in [-0.2, 0) is 0 Å². The number of anilines is 1. The Morgan fingerprint density at radius 2 is 1.86 bits per heavy atom. The highest BCUT2D eigenvalue weighted by atomic mass is 79.9. The Labute approximate surface area is 129 Å². The van der Waals surface area contributed by atoms with E-state index in [0.29, 0.717) is 11.4 Å². The molecule has 1 amide bonds. The molecule has 0 atom stereocenters. The SMILES string of the molecule is O=C(Nc1cccc(Br)c1)c1cc(-c2ccccc2)no1. The van der Waals surface area contributed by atoms with Crippen molar-refractivity contribution in [3.05, 3.63) is 70.9 Å². The molecule has 0 bridgehead atoms. The van der Waals surface area contributed by atoms with Crippen LogP contribution in [0.5, 0.6) is 0 Å². The van der Waals surface area contributed by atoms with E-state index in [9.17, 15) is 4.79 Å². The molecule has 0 aliphatic rings. The molecule has 0 fully saturated rings. The van der Waals surface area contributed by atoms with Gasteiger partial charge in [0.25, 0.3) is 5.91 Å². The third-order valence-corrected chi connectivity index (χ3v) is 3.38. The quantitative estimate of drug-likeness (QED) is 0.769. The summed E-state index contributed by atoms with van der Waals surface area (Å²) in [7, 11) is 0. The first-order valence-corrected chi connectivity index (χ1v) is 7.11. The third kappa shape index (κ3) is 3.20. The first-order valence-electron chi connectivity index (χ1n) is 6.31. The van der Waals surface area contributed by atoms with E-state index in [1.165, 1.54) is 0 Å². The van der Waals surface area contributed by atoms with Crippen molar-refractivity contribution in [2.45, 2.75) is 0 Å². The Bertz CT molecular complexity index is 769. The Morgan fingerprint density at radius 1 is 1.05 bits per heavy atom. The highest BCUT2D eigenvalue weighted by Crippen LogP contribution is 2.20. The normalized spacial score (nSPS) is 10.3. The van der Waals surface area contributed by atoms with Gasteiger partial charge in [0.15, 0.2) is 0 Å². The van der Waals surface area contributed by atoms with Crippen LogP contribution in [0.1, 0.15) is 10.6 Å². The summed E-state index contributed by atoms with van der Waals surface area (Å²) in [6.45, 7) is 0. The molecule has 0 saturated carbocycles. The second-order valence-electron chi connectivity index (χ2n) is 4.41. The van der Waals surface area contributed by atoms with E-state index in [1.807, 2.05) is 48.5 Å². The van der Waals surface area contributed by atoms with E-state index >= 15 is 0 Å². The van der Waals surface area contributed by atoms with Gasteiger partial charge in [-0.3, -0.25) is 4.79 Å². The Balaban J connectivity index is 1.78. The number of benzene rings is 2. The Hall–Kier alpha value is -2.40. The number of hydrogen-bond donors (Lipinski definition) is 1. The van der Waals surface area contributed by atoms with Gasteiger partial charge in [-0.25, -0.2) is 0 Å². The molecular weight excluding hydrogens is 332 g/mol. The van der Waals surface area contributed by atoms with Gasteiger partial charge in [-0.05, 0) is 18.2 Å². The summed E-state index contributed by atoms with van der Waals surface area (Å²) in [5, 5.41) is 6.68. The summed E-state index contributed by atoms with van der Waals surface area (Å²) in [5.41, 5.74) is 2.23. The van der Waals surface area contributed by atoms with Gasteiger partial charge >= 0.3 is 0 Å². The zero-order valence-corrected chi connectivity index (χ0v) is 12.5. The van der Waals surface area contributed by atoms with Gasteiger partial charge in [0, 0.05) is 21.8 Å². The van der Waals surface area contributed by atoms with E-state index in [2.05, 4.69) is 26.4 Å². The summed E-state index contributed by atoms with van der Waals surface area (Å²) in [6, 6.07) is 18.5. The molecular formula is C16H11BrN2O2. The lowest BCUT2D eigenvalue weighted by Crippen LogP contribution is -2.10. The number of nitrogens with one attached hydrogen (secondary N) is 1. The molecule has 1 N–H and O–H groups in total. The topological polar surface area (TPSA) is 55.1 Å². The molecule has 3 aromatic rings. The molecule has 5 heteroatoms. The smallest absolute Gasteiger partial charge is 0.294 e. The molecule has 3 rings (SSSR count). The van der Waals surface area contributed by atoms with Crippen LogP contribution in [0, 0.1) is 0 Å². The number of carbonyl (C=O) groups is 1. The zero-order valence-electron chi connectivity index (χ0n) is 10.9. The molecule has 0 unspecified atom stereocenters. The molecule has 0 radical (unpaired) electrons. The molecule has 104 valence electrons. The minimum Gasteiger partial charge on any atom is -0.350 e. The van der Waals surface area contributed by atoms with Crippen LogP contribution in [0.25, 0.3) is 11.3 Å². The summed E-state index contributed by atoms with van der Waals surface area (Å²) in [6.07, 6.45) is 0. The van der Waals surface area contributed by atoms with Gasteiger partial charge in [-0.2, -0.15) is 0 Å². The van der Waals surface area contributed by atoms with E-state index < -0.39 is 0 Å². The van der Waals surface area contributed by atoms with Crippen LogP contribution in [0.15, 0.2) is 69.7 Å². The number of carbonyl (C=O) groups excluding carboxylic acids is 1. The maximum Gasteiger partial charge on any atom is 0.294 e. The van der Waals surface area contributed by atoms with Gasteiger partial charge in [0.05, 0.1) is 0 Å². The minimum atomic E-state index is -0.331. The van der Waals surface area contributed by atoms with E-state index in [1.54, 1.807) is 12.1 Å². The van der Waals surface area contributed by atoms with Crippen LogP contribution in [0.4, 0.5) is 5.69 Å². The summed E-state index contributed by atoms with van der Waals surface area (Å²) < 4.78 is 6.00. The number of hydrogen-bond acceptors (Lipinski definition) is 3. The number of rotatable bonds is 3. The largest absolute Gasteiger partial charge is 0.350 e. The standard InChI is InChI=1S/C16H11BrN2O2/c17-12-7-4-8-13(9-12)18-16(20)15-10-14(19-21-15)11-5-2-1-3-6-11/h1-10H,(H,18,20). The van der Waals surface area contributed by atoms with Gasteiger partial charge in [0.1, 0.15) is 5.69 Å². The maximum absolute atomic E-state index is 12.1. The van der Waals surface area contributed by atoms with Crippen LogP contribution < -0.4 is 5.32 Å². The van der Waals surface area contributed by atoms with Crippen molar-refractivity contribution in [2.75, 3.05) is 5.32 Å². The van der Waals surface area contributed by atoms with Gasteiger partial charge in [-0.1, -0.05) is 57.5 Å². The fourth-order valence-electron chi connectivity index (χ4n) is 1.89. The minimum absolute atomic E-state index is 0.175. The molecule has 0 saturated heterocycles. The van der Waals surface area contributed by atoms with Crippen molar-refractivity contribution in [1.29, 1.82) is 0 Å². The number of nitrogens with zero attached hydrogens (tertiary/aromatic N) is 1. The molecule has 21 heavy (non-hydrogen) atoms. The fourth-order valence-corrected chi connectivity index (χ4v) is 2.29. The second-order valence-corrected chi connectivity index (χ2v) is 5.32. The lowest BCUT2D eigenvalue weighted by molar-refractivity contribution is 0.0988. The van der Waals surface area contributed by atoms with Gasteiger partial charge in [-0.15, -0.1) is 0 Å². The maximum atomic E-state index is 12.1. The lowest BCUT2D eigenvalue weighted by Gasteiger charge is -2.02. The van der Waals surface area contributed by atoms with Crippen molar-refractivity contribution in [1.82, 2.24) is 5.16 Å². The monoisotopic (exact) mass is 342 g/mol. The summed E-state index contributed by atoms with van der Waals surface area (Å²) in [5.74, 6) is -0.156. The van der Waals surface area contributed by atoms with Crippen molar-refractivity contribution in [2.24, 2.45) is 0 Å². The molecule has 4 nitrogen and oxygen atoms in total. The highest BCUT2D eigenvalue weighted by molar-refractivity contribution is 9.10. The number of aromatic nitrogens is 1. The van der Waals surface area contributed by atoms with Crippen LogP contribution in [-0.4, -0.2) is 11.1 Å². The molecule has 0 aliphatic carbocycles. The number of halogens is 1. The van der Waals surface area contributed by atoms with Crippen LogP contribution in [0.3, 0.4) is 0 Å². The van der Waals surface area contributed by atoms with Gasteiger partial charge in [0.2, 0.25) is 5.76 Å². The van der Waals surface area contributed by atoms with Crippen molar-refractivity contribution in [3.63, 3.8) is 0 Å². The highest BCUT2D eigenvalue weighted by Gasteiger charge is 2.14. The Kier molecular flexibility index (Phi) is 3.83. The lowest BCUT2D eigenvalue weighted by atomic mass is 10.1. The van der Waals surface area contributed by atoms with Crippen molar-refractivity contribution < 1.29 is 9.32 Å². The van der Waals surface area contributed by atoms with E-state index in [0.717, 1.165) is 10.0 Å². The zero-order chi connectivity index (χ0) is 14.7. The molecule has 1 heterocycles. The molecule has 0 aliphatic heterocycles. The summed E-state index contributed by atoms with van der Waals surface area (Å²) in [4.78, 5) is 12.1. The molecule has 0 spiro atoms. The predicted octanol–water partition coefficient (Wildman–Crippen LogP) is 4.36. The van der Waals surface area contributed by atoms with Crippen LogP contribution in [0.2, 0.25) is 0 Å². The number of amides is 1.